The van der Waals surface area contributed by atoms with Gasteiger partial charge in [-0.15, -0.1) is 0 Å². The fraction of sp³-hybridized carbons (Fsp3) is 0.348. The van der Waals surface area contributed by atoms with Gasteiger partial charge in [-0.05, 0) is 29.3 Å². The molecule has 4 heterocycles. The molecule has 2 N–H and O–H groups in total. The summed E-state index contributed by atoms with van der Waals surface area (Å²) in [5.74, 6) is 1.03. The van der Waals surface area contributed by atoms with Crippen molar-refractivity contribution >= 4 is 23.3 Å². The van der Waals surface area contributed by atoms with E-state index in [-0.39, 0.29) is 11.6 Å². The highest BCUT2D eigenvalue weighted by Crippen LogP contribution is 2.36. The number of rotatable bonds is 6. The van der Waals surface area contributed by atoms with E-state index in [0.717, 1.165) is 43.0 Å². The van der Waals surface area contributed by atoms with Crippen LogP contribution in [-0.4, -0.2) is 56.3 Å². The van der Waals surface area contributed by atoms with Crippen molar-refractivity contribution in [2.24, 2.45) is 0 Å². The average Bonchev–Trinajstić information content (AvgIpc) is 3.51. The molecule has 0 atom stereocenters. The Morgan fingerprint density at radius 3 is 2.45 bits per heavy atom. The summed E-state index contributed by atoms with van der Waals surface area (Å²) in [6.07, 6.45) is 4.78. The first kappa shape index (κ1) is 21.1. The summed E-state index contributed by atoms with van der Waals surface area (Å²) < 4.78 is 16.5. The fourth-order valence-corrected chi connectivity index (χ4v) is 4.23. The van der Waals surface area contributed by atoms with Crippen LogP contribution in [0.25, 0.3) is 0 Å². The molecule has 1 saturated heterocycles. The number of nitrogens with zero attached hydrogens (tertiary/aromatic N) is 4. The maximum absolute atomic E-state index is 12.9. The van der Waals surface area contributed by atoms with Gasteiger partial charge in [-0.2, -0.15) is 4.98 Å². The lowest BCUT2D eigenvalue weighted by Crippen LogP contribution is -2.43. The predicted molar refractivity (Wildman–Crippen MR) is 123 cm³/mol. The monoisotopic (exact) mass is 450 g/mol. The third-order valence-corrected chi connectivity index (χ3v) is 5.93. The lowest BCUT2D eigenvalue weighted by molar-refractivity contribution is 0.102. The number of fused-ring (bicyclic) bond motifs is 1. The minimum absolute atomic E-state index is 0.214. The second-order valence-corrected chi connectivity index (χ2v) is 7.93. The third-order valence-electron chi connectivity index (χ3n) is 5.93. The van der Waals surface area contributed by atoms with Crippen molar-refractivity contribution in [2.75, 3.05) is 55.5 Å². The molecule has 1 aromatic carbocycles. The van der Waals surface area contributed by atoms with E-state index in [0.29, 0.717) is 36.3 Å². The van der Waals surface area contributed by atoms with E-state index in [2.05, 4.69) is 25.5 Å². The number of aromatic nitrogens is 2. The van der Waals surface area contributed by atoms with Crippen LogP contribution in [0.1, 0.15) is 21.6 Å². The number of hydrogen-bond acceptors (Lipinski definition) is 9. The number of hydrogen-bond donors (Lipinski definition) is 2. The van der Waals surface area contributed by atoms with Crippen molar-refractivity contribution in [3.8, 4) is 11.5 Å². The molecule has 1 fully saturated rings. The molecular weight excluding hydrogens is 424 g/mol. The number of methoxy groups -OCH3 is 2. The van der Waals surface area contributed by atoms with Crippen molar-refractivity contribution in [3.05, 3.63) is 53.7 Å². The van der Waals surface area contributed by atoms with Crippen LogP contribution >= 0.6 is 0 Å². The molecule has 2 aliphatic rings. The van der Waals surface area contributed by atoms with Crippen molar-refractivity contribution in [2.45, 2.75) is 13.1 Å². The van der Waals surface area contributed by atoms with Crippen molar-refractivity contribution in [1.29, 1.82) is 0 Å². The number of carbonyl (C=O) groups is 1. The molecule has 172 valence electrons. The molecule has 0 saturated carbocycles. The summed E-state index contributed by atoms with van der Waals surface area (Å²) in [5, 5.41) is 6.27. The van der Waals surface area contributed by atoms with Crippen LogP contribution in [0.3, 0.4) is 0 Å². The quantitative estimate of drug-likeness (QED) is 0.585. The molecule has 10 heteroatoms. The SMILES string of the molecule is COc1cc2c(cc1OC)CN(c1nc(C(=O)Nc3cnccc3N3CCNCC3)co1)C2. The maximum Gasteiger partial charge on any atom is 0.298 e. The zero-order valence-electron chi connectivity index (χ0n) is 18.6. The Morgan fingerprint density at radius 2 is 1.79 bits per heavy atom. The summed E-state index contributed by atoms with van der Waals surface area (Å²) in [4.78, 5) is 25.7. The number of ether oxygens (including phenoxy) is 2. The first-order valence-electron chi connectivity index (χ1n) is 10.8. The molecule has 1 amide bonds. The van der Waals surface area contributed by atoms with Gasteiger partial charge in [0.1, 0.15) is 6.26 Å². The average molecular weight is 450 g/mol. The van der Waals surface area contributed by atoms with Gasteiger partial charge < -0.3 is 34.3 Å². The lowest BCUT2D eigenvalue weighted by Gasteiger charge is -2.30. The predicted octanol–water partition coefficient (Wildman–Crippen LogP) is 2.27. The number of pyridine rings is 1. The Balaban J connectivity index is 1.30. The fourth-order valence-electron chi connectivity index (χ4n) is 4.23. The van der Waals surface area contributed by atoms with Gasteiger partial charge in [-0.1, -0.05) is 0 Å². The summed E-state index contributed by atoms with van der Waals surface area (Å²) in [7, 11) is 3.23. The normalized spacial score (nSPS) is 15.3. The molecule has 2 aromatic heterocycles. The number of anilines is 3. The van der Waals surface area contributed by atoms with Crippen LogP contribution in [0, 0.1) is 0 Å². The van der Waals surface area contributed by atoms with Gasteiger partial charge in [0.25, 0.3) is 11.9 Å². The topological polar surface area (TPSA) is 105 Å². The summed E-state index contributed by atoms with van der Waals surface area (Å²) >= 11 is 0. The number of amides is 1. The van der Waals surface area contributed by atoms with Crippen LogP contribution in [0.4, 0.5) is 17.4 Å². The minimum Gasteiger partial charge on any atom is -0.493 e. The number of oxazole rings is 1. The Morgan fingerprint density at radius 1 is 1.09 bits per heavy atom. The van der Waals surface area contributed by atoms with E-state index in [1.54, 1.807) is 26.6 Å². The van der Waals surface area contributed by atoms with Crippen molar-refractivity contribution in [1.82, 2.24) is 15.3 Å². The van der Waals surface area contributed by atoms with E-state index in [1.165, 1.54) is 6.26 Å². The zero-order chi connectivity index (χ0) is 22.8. The Labute approximate surface area is 191 Å². The van der Waals surface area contributed by atoms with Gasteiger partial charge in [0.2, 0.25) is 0 Å². The number of benzene rings is 1. The maximum atomic E-state index is 12.9. The molecule has 0 aliphatic carbocycles. The van der Waals surface area contributed by atoms with E-state index in [4.69, 9.17) is 13.9 Å². The summed E-state index contributed by atoms with van der Waals surface area (Å²) in [6, 6.07) is 6.23. The van der Waals surface area contributed by atoms with E-state index in [9.17, 15) is 4.79 Å². The molecule has 0 radical (unpaired) electrons. The van der Waals surface area contributed by atoms with Crippen LogP contribution in [0.5, 0.6) is 11.5 Å². The Hall–Kier alpha value is -3.79. The Bertz CT molecular complexity index is 1120. The first-order valence-corrected chi connectivity index (χ1v) is 10.8. The van der Waals surface area contributed by atoms with Gasteiger partial charge >= 0.3 is 0 Å². The van der Waals surface area contributed by atoms with E-state index in [1.807, 2.05) is 23.1 Å². The van der Waals surface area contributed by atoms with Crippen LogP contribution in [0.15, 0.2) is 41.3 Å². The number of piperazine rings is 1. The third kappa shape index (κ3) is 4.17. The van der Waals surface area contributed by atoms with Gasteiger partial charge in [0.05, 0.1) is 31.8 Å². The molecular formula is C23H26N6O4. The standard InChI is InChI=1S/C23H26N6O4/c1-31-20-9-15-12-29(13-16(15)10-21(20)32-2)23-27-18(14-33-23)22(30)26-17-11-25-4-3-19(17)28-7-5-24-6-8-28/h3-4,9-11,14,24H,5-8,12-13H2,1-2H3,(H,26,30). The van der Waals surface area contributed by atoms with Gasteiger partial charge in [-0.25, -0.2) is 0 Å². The van der Waals surface area contributed by atoms with Crippen molar-refractivity contribution < 1.29 is 18.7 Å². The zero-order valence-corrected chi connectivity index (χ0v) is 18.6. The van der Waals surface area contributed by atoms with Crippen LogP contribution < -0.4 is 29.9 Å². The highest BCUT2D eigenvalue weighted by Gasteiger charge is 2.26. The molecule has 0 bridgehead atoms. The number of carbonyl (C=O) groups excluding carboxylic acids is 1. The second-order valence-electron chi connectivity index (χ2n) is 7.93. The highest BCUT2D eigenvalue weighted by molar-refractivity contribution is 6.04. The molecule has 5 rings (SSSR count). The largest absolute Gasteiger partial charge is 0.493 e. The summed E-state index contributed by atoms with van der Waals surface area (Å²) in [5.41, 5.74) is 4.02. The summed E-state index contributed by atoms with van der Waals surface area (Å²) in [6.45, 7) is 4.74. The molecule has 0 spiro atoms. The van der Waals surface area contributed by atoms with Crippen LogP contribution in [0.2, 0.25) is 0 Å². The van der Waals surface area contributed by atoms with Crippen molar-refractivity contribution in [3.63, 3.8) is 0 Å². The number of nitrogens with one attached hydrogen (secondary N) is 2. The van der Waals surface area contributed by atoms with Gasteiger partial charge in [-0.3, -0.25) is 9.78 Å². The van der Waals surface area contributed by atoms with E-state index >= 15 is 0 Å². The lowest BCUT2D eigenvalue weighted by atomic mass is 10.1. The molecule has 33 heavy (non-hydrogen) atoms. The minimum atomic E-state index is -0.338. The highest BCUT2D eigenvalue weighted by atomic mass is 16.5. The molecule has 0 unspecified atom stereocenters. The van der Waals surface area contributed by atoms with E-state index < -0.39 is 0 Å². The molecule has 10 nitrogen and oxygen atoms in total. The first-order chi connectivity index (χ1) is 16.2. The van der Waals surface area contributed by atoms with Gasteiger partial charge in [0, 0.05) is 45.5 Å². The van der Waals surface area contributed by atoms with Crippen LogP contribution in [-0.2, 0) is 13.1 Å². The molecule has 3 aromatic rings. The molecule has 2 aliphatic heterocycles. The smallest absolute Gasteiger partial charge is 0.298 e. The second kappa shape index (κ2) is 8.99. The Kier molecular flexibility index (Phi) is 5.74. The van der Waals surface area contributed by atoms with Gasteiger partial charge in [0.15, 0.2) is 17.2 Å².